The highest BCUT2D eigenvalue weighted by atomic mass is 32.1. The molecule has 0 bridgehead atoms. The van der Waals surface area contributed by atoms with E-state index in [0.29, 0.717) is 11.7 Å². The lowest BCUT2D eigenvalue weighted by molar-refractivity contribution is -0.0989. The van der Waals surface area contributed by atoms with Crippen LogP contribution in [0.4, 0.5) is 0 Å². The van der Waals surface area contributed by atoms with Crippen LogP contribution in [-0.4, -0.2) is 70.2 Å². The molecule has 6 nitrogen and oxygen atoms in total. The van der Waals surface area contributed by atoms with Crippen LogP contribution in [0.2, 0.25) is 0 Å². The van der Waals surface area contributed by atoms with Crippen molar-refractivity contribution < 1.29 is 9.53 Å². The average Bonchev–Trinajstić information content (AvgIpc) is 3.16. The standard InChI is InChI=1S/C14H20N4O2S/c19-14(11-9-21-16-15-11)18-4-3-13-12(8-18)17(5-6-20-13)7-10-1-2-10/h9-10,12-13H,1-8H2/t12-,13-/m0/s1. The molecule has 0 spiro atoms. The van der Waals surface area contributed by atoms with Gasteiger partial charge in [0.2, 0.25) is 0 Å². The fourth-order valence-electron chi connectivity index (χ4n) is 3.41. The predicted octanol–water partition coefficient (Wildman–Crippen LogP) is 0.863. The summed E-state index contributed by atoms with van der Waals surface area (Å²) in [5, 5.41) is 5.64. The molecule has 1 aromatic rings. The summed E-state index contributed by atoms with van der Waals surface area (Å²) in [5.41, 5.74) is 0.476. The Balaban J connectivity index is 1.46. The van der Waals surface area contributed by atoms with Gasteiger partial charge in [0.05, 0.1) is 18.8 Å². The molecule has 1 aliphatic carbocycles. The van der Waals surface area contributed by atoms with Crippen LogP contribution in [-0.2, 0) is 4.74 Å². The van der Waals surface area contributed by atoms with Gasteiger partial charge in [-0.05, 0) is 36.7 Å². The van der Waals surface area contributed by atoms with Crippen molar-refractivity contribution in [2.75, 3.05) is 32.8 Å². The Labute approximate surface area is 128 Å². The molecule has 2 saturated heterocycles. The maximum atomic E-state index is 12.4. The third kappa shape index (κ3) is 2.82. The monoisotopic (exact) mass is 308 g/mol. The molecule has 3 aliphatic rings. The third-order valence-corrected chi connectivity index (χ3v) is 5.26. The molecule has 7 heteroatoms. The van der Waals surface area contributed by atoms with Crippen LogP contribution < -0.4 is 0 Å². The van der Waals surface area contributed by atoms with Crippen molar-refractivity contribution in [3.63, 3.8) is 0 Å². The molecule has 3 fully saturated rings. The smallest absolute Gasteiger partial charge is 0.275 e. The fourth-order valence-corrected chi connectivity index (χ4v) is 3.84. The zero-order valence-corrected chi connectivity index (χ0v) is 12.8. The normalized spacial score (nSPS) is 30.2. The number of nitrogens with zero attached hydrogens (tertiary/aromatic N) is 4. The Morgan fingerprint density at radius 1 is 1.38 bits per heavy atom. The zero-order chi connectivity index (χ0) is 14.2. The Morgan fingerprint density at radius 3 is 3.05 bits per heavy atom. The molecule has 1 aromatic heterocycles. The maximum absolute atomic E-state index is 12.4. The van der Waals surface area contributed by atoms with E-state index < -0.39 is 0 Å². The summed E-state index contributed by atoms with van der Waals surface area (Å²) >= 11 is 1.23. The highest BCUT2D eigenvalue weighted by Crippen LogP contribution is 2.33. The van der Waals surface area contributed by atoms with Gasteiger partial charge in [-0.1, -0.05) is 4.49 Å². The molecule has 0 aromatic carbocycles. The Hall–Kier alpha value is -1.05. The lowest BCUT2D eigenvalue weighted by Gasteiger charge is -2.47. The Bertz CT molecular complexity index is 505. The van der Waals surface area contributed by atoms with Gasteiger partial charge in [-0.25, -0.2) is 0 Å². The number of amides is 1. The molecule has 2 atom stereocenters. The number of hydrogen-bond acceptors (Lipinski definition) is 6. The van der Waals surface area contributed by atoms with Gasteiger partial charge in [0.15, 0.2) is 5.69 Å². The average molecular weight is 308 g/mol. The van der Waals surface area contributed by atoms with E-state index in [1.54, 1.807) is 5.38 Å². The molecule has 21 heavy (non-hydrogen) atoms. The van der Waals surface area contributed by atoms with E-state index in [9.17, 15) is 4.79 Å². The number of carbonyl (C=O) groups excluding carboxylic acids is 1. The number of hydrogen-bond donors (Lipinski definition) is 0. The molecule has 1 saturated carbocycles. The molecular weight excluding hydrogens is 288 g/mol. The van der Waals surface area contributed by atoms with Crippen molar-refractivity contribution in [3.05, 3.63) is 11.1 Å². The number of likely N-dealkylation sites (tertiary alicyclic amines) is 1. The first kappa shape index (κ1) is 13.6. The van der Waals surface area contributed by atoms with E-state index >= 15 is 0 Å². The van der Waals surface area contributed by atoms with E-state index in [1.165, 1.54) is 30.9 Å². The zero-order valence-electron chi connectivity index (χ0n) is 12.0. The number of aromatic nitrogens is 2. The quantitative estimate of drug-likeness (QED) is 0.829. The van der Waals surface area contributed by atoms with E-state index in [-0.39, 0.29) is 12.0 Å². The van der Waals surface area contributed by atoms with Gasteiger partial charge in [0.1, 0.15) is 0 Å². The summed E-state index contributed by atoms with van der Waals surface area (Å²) in [6, 6.07) is 0.351. The number of piperidine rings is 1. The van der Waals surface area contributed by atoms with Gasteiger partial charge in [0.25, 0.3) is 5.91 Å². The number of rotatable bonds is 3. The highest BCUT2D eigenvalue weighted by Gasteiger charge is 2.40. The first-order chi connectivity index (χ1) is 10.3. The van der Waals surface area contributed by atoms with Crippen molar-refractivity contribution in [2.45, 2.75) is 31.4 Å². The first-order valence-corrected chi connectivity index (χ1v) is 8.57. The van der Waals surface area contributed by atoms with Gasteiger partial charge in [-0.15, -0.1) is 5.10 Å². The molecule has 0 N–H and O–H groups in total. The van der Waals surface area contributed by atoms with E-state index in [4.69, 9.17) is 4.74 Å². The second-order valence-corrected chi connectivity index (χ2v) is 6.85. The van der Waals surface area contributed by atoms with Crippen LogP contribution in [0.15, 0.2) is 5.38 Å². The highest BCUT2D eigenvalue weighted by molar-refractivity contribution is 7.03. The van der Waals surface area contributed by atoms with E-state index in [1.807, 2.05) is 4.90 Å². The molecule has 114 valence electrons. The molecule has 0 unspecified atom stereocenters. The van der Waals surface area contributed by atoms with Gasteiger partial charge in [-0.2, -0.15) is 0 Å². The summed E-state index contributed by atoms with van der Waals surface area (Å²) in [7, 11) is 0. The topological polar surface area (TPSA) is 58.6 Å². The molecular formula is C14H20N4O2S. The maximum Gasteiger partial charge on any atom is 0.275 e. The van der Waals surface area contributed by atoms with Gasteiger partial charge in [0, 0.05) is 31.6 Å². The summed E-state index contributed by atoms with van der Waals surface area (Å²) in [6.07, 6.45) is 3.94. The van der Waals surface area contributed by atoms with Gasteiger partial charge >= 0.3 is 0 Å². The number of morpholine rings is 1. The molecule has 3 heterocycles. The molecule has 1 amide bonds. The van der Waals surface area contributed by atoms with Crippen molar-refractivity contribution in [3.8, 4) is 0 Å². The van der Waals surface area contributed by atoms with Gasteiger partial charge < -0.3 is 9.64 Å². The van der Waals surface area contributed by atoms with Crippen LogP contribution >= 0.6 is 11.5 Å². The summed E-state index contributed by atoms with van der Waals surface area (Å²) < 4.78 is 9.72. The van der Waals surface area contributed by atoms with E-state index in [0.717, 1.165) is 38.6 Å². The first-order valence-electron chi connectivity index (χ1n) is 7.73. The molecule has 4 rings (SSSR count). The lowest BCUT2D eigenvalue weighted by Crippen LogP contribution is -2.61. The minimum absolute atomic E-state index is 0.0131. The fraction of sp³-hybridized carbons (Fsp3) is 0.786. The lowest BCUT2D eigenvalue weighted by atomic mass is 9.98. The SMILES string of the molecule is O=C(c1csnn1)N1CC[C@@H]2OCCN(CC3CC3)[C@H]2C1. The van der Waals surface area contributed by atoms with Crippen LogP contribution in [0, 0.1) is 5.92 Å². The summed E-state index contributed by atoms with van der Waals surface area (Å²) in [4.78, 5) is 16.9. The van der Waals surface area contributed by atoms with Crippen LogP contribution in [0.1, 0.15) is 29.8 Å². The van der Waals surface area contributed by atoms with Crippen molar-refractivity contribution in [1.82, 2.24) is 19.4 Å². The number of ether oxygens (including phenoxy) is 1. The predicted molar refractivity (Wildman–Crippen MR) is 78.3 cm³/mol. The van der Waals surface area contributed by atoms with Crippen molar-refractivity contribution >= 4 is 17.4 Å². The van der Waals surface area contributed by atoms with Crippen LogP contribution in [0.5, 0.6) is 0 Å². The van der Waals surface area contributed by atoms with Crippen LogP contribution in [0.25, 0.3) is 0 Å². The summed E-state index contributed by atoms with van der Waals surface area (Å²) in [6.45, 7) is 4.52. The second-order valence-electron chi connectivity index (χ2n) is 6.24. The second kappa shape index (κ2) is 5.62. The number of carbonyl (C=O) groups is 1. The molecule has 2 aliphatic heterocycles. The Morgan fingerprint density at radius 2 is 2.29 bits per heavy atom. The largest absolute Gasteiger partial charge is 0.375 e. The third-order valence-electron chi connectivity index (χ3n) is 4.76. The van der Waals surface area contributed by atoms with Crippen molar-refractivity contribution in [1.29, 1.82) is 0 Å². The van der Waals surface area contributed by atoms with Crippen molar-refractivity contribution in [2.24, 2.45) is 5.92 Å². The minimum atomic E-state index is 0.0131. The summed E-state index contributed by atoms with van der Waals surface area (Å²) in [5.74, 6) is 0.886. The minimum Gasteiger partial charge on any atom is -0.375 e. The Kier molecular flexibility index (Phi) is 3.64. The van der Waals surface area contributed by atoms with Crippen LogP contribution in [0.3, 0.4) is 0 Å². The molecule has 0 radical (unpaired) electrons. The van der Waals surface area contributed by atoms with Gasteiger partial charge in [-0.3, -0.25) is 9.69 Å². The van der Waals surface area contributed by atoms with E-state index in [2.05, 4.69) is 14.5 Å². The number of fused-ring (bicyclic) bond motifs is 1.